The maximum atomic E-state index is 12.5. The molecule has 0 aromatic carbocycles. The summed E-state index contributed by atoms with van der Waals surface area (Å²) in [5.41, 5.74) is 5.65. The molecule has 2 heterocycles. The van der Waals surface area contributed by atoms with E-state index in [2.05, 4.69) is 10.9 Å². The fourth-order valence-corrected chi connectivity index (χ4v) is 2.85. The number of hydrogen-bond acceptors (Lipinski definition) is 6. The standard InChI is InChI=1S/C16H24N4O4/c1-3-24-16(23)13-7-5-9-20(13)14(21)11-19-8-4-6-12(10-19)15(22)18-17-2/h4,8,10,13,17H,3,5-7,9,11H2,1-2H3,(H,18,22). The molecule has 2 amide bonds. The van der Waals surface area contributed by atoms with Crippen molar-refractivity contribution in [2.45, 2.75) is 32.2 Å². The van der Waals surface area contributed by atoms with E-state index in [-0.39, 0.29) is 24.3 Å². The molecule has 0 spiro atoms. The Balaban J connectivity index is 1.98. The molecule has 0 aromatic heterocycles. The first-order valence-electron chi connectivity index (χ1n) is 8.13. The first kappa shape index (κ1) is 18.0. The van der Waals surface area contributed by atoms with Crippen LogP contribution in [0.25, 0.3) is 0 Å². The number of ether oxygens (including phenoxy) is 1. The van der Waals surface area contributed by atoms with E-state index in [9.17, 15) is 14.4 Å². The molecule has 24 heavy (non-hydrogen) atoms. The average Bonchev–Trinajstić information content (AvgIpc) is 3.05. The quantitative estimate of drug-likeness (QED) is 0.520. The minimum Gasteiger partial charge on any atom is -0.464 e. The van der Waals surface area contributed by atoms with Crippen molar-refractivity contribution in [2.24, 2.45) is 0 Å². The van der Waals surface area contributed by atoms with Crippen LogP contribution in [0.2, 0.25) is 0 Å². The molecule has 8 heteroatoms. The molecule has 1 unspecified atom stereocenters. The molecule has 0 saturated carbocycles. The van der Waals surface area contributed by atoms with Crippen LogP contribution in [0, 0.1) is 0 Å². The van der Waals surface area contributed by atoms with Crippen molar-refractivity contribution in [1.82, 2.24) is 20.7 Å². The Morgan fingerprint density at radius 3 is 2.88 bits per heavy atom. The lowest BCUT2D eigenvalue weighted by atomic mass is 10.1. The predicted molar refractivity (Wildman–Crippen MR) is 87.1 cm³/mol. The first-order chi connectivity index (χ1) is 11.6. The summed E-state index contributed by atoms with van der Waals surface area (Å²) in [7, 11) is 1.61. The van der Waals surface area contributed by atoms with Crippen molar-refractivity contribution >= 4 is 17.8 Å². The topological polar surface area (TPSA) is 91.0 Å². The zero-order valence-corrected chi connectivity index (χ0v) is 14.1. The number of hydrogen-bond donors (Lipinski definition) is 2. The monoisotopic (exact) mass is 336 g/mol. The Morgan fingerprint density at radius 1 is 1.38 bits per heavy atom. The van der Waals surface area contributed by atoms with Crippen molar-refractivity contribution in [3.05, 3.63) is 24.0 Å². The molecule has 0 bridgehead atoms. The van der Waals surface area contributed by atoms with Crippen molar-refractivity contribution in [2.75, 3.05) is 26.7 Å². The van der Waals surface area contributed by atoms with Gasteiger partial charge in [-0.25, -0.2) is 10.2 Å². The van der Waals surface area contributed by atoms with Gasteiger partial charge in [-0.3, -0.25) is 15.0 Å². The summed E-state index contributed by atoms with van der Waals surface area (Å²) >= 11 is 0. The molecule has 2 aliphatic heterocycles. The highest BCUT2D eigenvalue weighted by Gasteiger charge is 2.35. The fraction of sp³-hybridized carbons (Fsp3) is 0.562. The third kappa shape index (κ3) is 4.35. The van der Waals surface area contributed by atoms with Crippen LogP contribution in [0.5, 0.6) is 0 Å². The lowest BCUT2D eigenvalue weighted by Gasteiger charge is -2.27. The van der Waals surface area contributed by atoms with Crippen LogP contribution in [0.1, 0.15) is 26.2 Å². The van der Waals surface area contributed by atoms with Crippen LogP contribution < -0.4 is 10.9 Å². The maximum absolute atomic E-state index is 12.5. The number of allylic oxidation sites excluding steroid dienone is 1. The zero-order chi connectivity index (χ0) is 17.5. The van der Waals surface area contributed by atoms with Gasteiger partial charge in [0.2, 0.25) is 5.91 Å². The summed E-state index contributed by atoms with van der Waals surface area (Å²) in [5, 5.41) is 0. The highest BCUT2D eigenvalue weighted by atomic mass is 16.5. The third-order valence-corrected chi connectivity index (χ3v) is 3.94. The predicted octanol–water partition coefficient (Wildman–Crippen LogP) is -0.106. The summed E-state index contributed by atoms with van der Waals surface area (Å²) < 4.78 is 5.04. The van der Waals surface area contributed by atoms with E-state index in [1.165, 1.54) is 0 Å². The summed E-state index contributed by atoms with van der Waals surface area (Å²) in [6, 6.07) is -0.498. The van der Waals surface area contributed by atoms with Crippen LogP contribution >= 0.6 is 0 Å². The Hall–Kier alpha value is -2.35. The number of nitrogens with zero attached hydrogens (tertiary/aromatic N) is 2. The van der Waals surface area contributed by atoms with Crippen molar-refractivity contribution < 1.29 is 19.1 Å². The highest BCUT2D eigenvalue weighted by molar-refractivity contribution is 5.93. The normalized spacial score (nSPS) is 19.9. The zero-order valence-electron chi connectivity index (χ0n) is 14.1. The number of amides is 2. The molecule has 1 atom stereocenters. The van der Waals surface area contributed by atoms with Gasteiger partial charge in [-0.2, -0.15) is 0 Å². The smallest absolute Gasteiger partial charge is 0.328 e. The Labute approximate surface area is 141 Å². The highest BCUT2D eigenvalue weighted by Crippen LogP contribution is 2.20. The molecule has 2 N–H and O–H groups in total. The van der Waals surface area contributed by atoms with Crippen LogP contribution in [0.3, 0.4) is 0 Å². The van der Waals surface area contributed by atoms with Crippen molar-refractivity contribution in [1.29, 1.82) is 0 Å². The van der Waals surface area contributed by atoms with E-state index in [0.717, 1.165) is 6.42 Å². The van der Waals surface area contributed by atoms with Crippen LogP contribution in [-0.4, -0.2) is 60.4 Å². The molecule has 1 fully saturated rings. The number of hydrazine groups is 1. The van der Waals surface area contributed by atoms with Gasteiger partial charge in [0, 0.05) is 31.6 Å². The number of rotatable bonds is 6. The van der Waals surface area contributed by atoms with E-state index < -0.39 is 6.04 Å². The number of nitrogens with one attached hydrogen (secondary N) is 2. The van der Waals surface area contributed by atoms with E-state index in [4.69, 9.17) is 4.74 Å². The minimum absolute atomic E-state index is 0.0861. The average molecular weight is 336 g/mol. The molecule has 8 nitrogen and oxygen atoms in total. The summed E-state index contributed by atoms with van der Waals surface area (Å²) in [4.78, 5) is 39.6. The molecule has 2 rings (SSSR count). The largest absolute Gasteiger partial charge is 0.464 e. The number of esters is 1. The molecular weight excluding hydrogens is 312 g/mol. The lowest BCUT2D eigenvalue weighted by molar-refractivity contribution is -0.153. The third-order valence-electron chi connectivity index (χ3n) is 3.94. The molecular formula is C16H24N4O4. The Morgan fingerprint density at radius 2 is 2.17 bits per heavy atom. The van der Waals surface area contributed by atoms with Gasteiger partial charge >= 0.3 is 5.97 Å². The summed E-state index contributed by atoms with van der Waals surface area (Å²) in [6.45, 7) is 2.69. The second-order valence-corrected chi connectivity index (χ2v) is 5.62. The number of likely N-dealkylation sites (tertiary alicyclic amines) is 1. The second-order valence-electron chi connectivity index (χ2n) is 5.62. The molecule has 0 aromatic rings. The SMILES string of the molecule is CCOC(=O)C1CCCN1C(=O)CN1C=CCC(C(=O)NNC)=C1. The van der Waals surface area contributed by atoms with Gasteiger partial charge in [0.1, 0.15) is 12.6 Å². The Kier molecular flexibility index (Phi) is 6.36. The maximum Gasteiger partial charge on any atom is 0.328 e. The molecule has 132 valence electrons. The lowest BCUT2D eigenvalue weighted by Crippen LogP contribution is -2.45. The van der Waals surface area contributed by atoms with Crippen molar-refractivity contribution in [3.63, 3.8) is 0 Å². The number of carbonyl (C=O) groups is 3. The first-order valence-corrected chi connectivity index (χ1v) is 8.13. The van der Waals surface area contributed by atoms with Gasteiger partial charge in [-0.1, -0.05) is 6.08 Å². The van der Waals surface area contributed by atoms with Crippen LogP contribution in [0.15, 0.2) is 24.0 Å². The van der Waals surface area contributed by atoms with Crippen LogP contribution in [0.4, 0.5) is 0 Å². The molecule has 2 aliphatic rings. The van der Waals surface area contributed by atoms with Gasteiger partial charge in [0.05, 0.1) is 6.61 Å². The van der Waals surface area contributed by atoms with Crippen LogP contribution in [-0.2, 0) is 19.1 Å². The fourth-order valence-electron chi connectivity index (χ4n) is 2.85. The van der Waals surface area contributed by atoms with Gasteiger partial charge in [0.15, 0.2) is 0 Å². The minimum atomic E-state index is -0.498. The van der Waals surface area contributed by atoms with Gasteiger partial charge in [-0.05, 0) is 26.2 Å². The van der Waals surface area contributed by atoms with Gasteiger partial charge < -0.3 is 14.5 Å². The summed E-state index contributed by atoms with van der Waals surface area (Å²) in [6.07, 6.45) is 7.17. The molecule has 0 aliphatic carbocycles. The molecule has 0 radical (unpaired) electrons. The Bertz CT molecular complexity index is 558. The van der Waals surface area contributed by atoms with E-state index in [1.807, 2.05) is 6.08 Å². The molecule has 1 saturated heterocycles. The van der Waals surface area contributed by atoms with E-state index >= 15 is 0 Å². The van der Waals surface area contributed by atoms with E-state index in [1.54, 1.807) is 36.2 Å². The second kappa shape index (κ2) is 8.49. The van der Waals surface area contributed by atoms with Crippen molar-refractivity contribution in [3.8, 4) is 0 Å². The summed E-state index contributed by atoms with van der Waals surface area (Å²) in [5.74, 6) is -0.728. The van der Waals surface area contributed by atoms with Gasteiger partial charge in [0.25, 0.3) is 5.91 Å². The van der Waals surface area contributed by atoms with E-state index in [0.29, 0.717) is 31.6 Å². The van der Waals surface area contributed by atoms with Gasteiger partial charge in [-0.15, -0.1) is 0 Å². The number of carbonyl (C=O) groups excluding carboxylic acids is 3.